The fourth-order valence-corrected chi connectivity index (χ4v) is 2.79. The molecule has 0 saturated carbocycles. The molecule has 1 heterocycles. The largest absolute Gasteiger partial charge is 0.399 e. The molecule has 1 aromatic carbocycles. The number of carbonyl (C=O) groups is 1. The van der Waals surface area contributed by atoms with E-state index >= 15 is 0 Å². The molecule has 0 aliphatic carbocycles. The first-order chi connectivity index (χ1) is 10.1. The third-order valence-corrected chi connectivity index (χ3v) is 4.35. The average Bonchev–Trinajstić information content (AvgIpc) is 2.77. The summed E-state index contributed by atoms with van der Waals surface area (Å²) in [5, 5.41) is 0. The van der Waals surface area contributed by atoms with Gasteiger partial charge in [-0.2, -0.15) is 0 Å². The Bertz CT molecular complexity index is 450. The summed E-state index contributed by atoms with van der Waals surface area (Å²) in [4.78, 5) is 16.7. The number of rotatable bonds is 4. The fraction of sp³-hybridized carbons (Fsp3) is 0.588. The molecule has 1 aliphatic rings. The number of likely N-dealkylation sites (N-methyl/N-ethyl adjacent to an activating group) is 1. The van der Waals surface area contributed by atoms with E-state index in [4.69, 9.17) is 5.73 Å². The van der Waals surface area contributed by atoms with Gasteiger partial charge in [0, 0.05) is 25.3 Å². The van der Waals surface area contributed by atoms with Crippen molar-refractivity contribution in [2.45, 2.75) is 45.2 Å². The van der Waals surface area contributed by atoms with E-state index in [0.29, 0.717) is 0 Å². The van der Waals surface area contributed by atoms with Crippen molar-refractivity contribution >= 4 is 11.6 Å². The van der Waals surface area contributed by atoms with E-state index in [9.17, 15) is 4.79 Å². The minimum absolute atomic E-state index is 0.0827. The maximum Gasteiger partial charge on any atom is 0.239 e. The second-order valence-corrected chi connectivity index (χ2v) is 6.07. The van der Waals surface area contributed by atoms with Gasteiger partial charge in [0.2, 0.25) is 5.91 Å². The number of benzene rings is 1. The highest BCUT2D eigenvalue weighted by Crippen LogP contribution is 2.14. The van der Waals surface area contributed by atoms with E-state index < -0.39 is 0 Å². The number of nitrogens with two attached hydrogens (primary N) is 1. The van der Waals surface area contributed by atoms with Crippen LogP contribution in [0.1, 0.15) is 38.2 Å². The van der Waals surface area contributed by atoms with Crippen LogP contribution in [0.5, 0.6) is 0 Å². The molecule has 1 fully saturated rings. The van der Waals surface area contributed by atoms with Crippen molar-refractivity contribution in [3.8, 4) is 0 Å². The van der Waals surface area contributed by atoms with Gasteiger partial charge in [0.15, 0.2) is 0 Å². The molecule has 4 nitrogen and oxygen atoms in total. The molecular formula is C17H27N3O. The molecule has 21 heavy (non-hydrogen) atoms. The second-order valence-electron chi connectivity index (χ2n) is 6.07. The van der Waals surface area contributed by atoms with Gasteiger partial charge in [0.05, 0.1) is 6.04 Å². The van der Waals surface area contributed by atoms with Crippen LogP contribution in [0.25, 0.3) is 0 Å². The Morgan fingerprint density at radius 3 is 2.33 bits per heavy atom. The lowest BCUT2D eigenvalue weighted by atomic mass is 10.1. The lowest BCUT2D eigenvalue weighted by molar-refractivity contribution is -0.136. The first-order valence-corrected chi connectivity index (χ1v) is 7.91. The number of nitrogens with zero attached hydrogens (tertiary/aromatic N) is 2. The molecule has 1 aliphatic heterocycles. The van der Waals surface area contributed by atoms with Crippen molar-refractivity contribution in [1.29, 1.82) is 0 Å². The standard InChI is InChI=1S/C17H27N3O/c1-14(17(21)20-11-5-3-4-6-12-20)19(2)13-15-7-9-16(18)10-8-15/h7-10,14H,3-6,11-13,18H2,1-2H3. The van der Waals surface area contributed by atoms with Gasteiger partial charge in [0.1, 0.15) is 0 Å². The van der Waals surface area contributed by atoms with Gasteiger partial charge in [-0.15, -0.1) is 0 Å². The van der Waals surface area contributed by atoms with Gasteiger partial charge in [-0.3, -0.25) is 9.69 Å². The summed E-state index contributed by atoms with van der Waals surface area (Å²) in [5.74, 6) is 0.259. The molecule has 2 rings (SSSR count). The van der Waals surface area contributed by atoms with Crippen molar-refractivity contribution in [1.82, 2.24) is 9.80 Å². The lowest BCUT2D eigenvalue weighted by Crippen LogP contribution is -2.45. The molecule has 0 radical (unpaired) electrons. The Hall–Kier alpha value is -1.55. The number of amides is 1. The molecule has 0 aromatic heterocycles. The molecule has 4 heteroatoms. The van der Waals surface area contributed by atoms with E-state index in [1.807, 2.05) is 43.1 Å². The zero-order chi connectivity index (χ0) is 15.2. The SMILES string of the molecule is CC(C(=O)N1CCCCCC1)N(C)Cc1ccc(N)cc1. The summed E-state index contributed by atoms with van der Waals surface area (Å²) < 4.78 is 0. The number of anilines is 1. The minimum atomic E-state index is -0.0827. The summed E-state index contributed by atoms with van der Waals surface area (Å²) in [5.41, 5.74) is 7.66. The Kier molecular flexibility index (Phi) is 5.62. The monoisotopic (exact) mass is 289 g/mol. The molecule has 1 unspecified atom stereocenters. The highest BCUT2D eigenvalue weighted by molar-refractivity contribution is 5.81. The number of hydrogen-bond acceptors (Lipinski definition) is 3. The first kappa shape index (κ1) is 15.8. The molecule has 2 N–H and O–H groups in total. The normalized spacial score (nSPS) is 17.6. The van der Waals surface area contributed by atoms with Gasteiger partial charge >= 0.3 is 0 Å². The Labute approximate surface area is 127 Å². The molecule has 1 aromatic rings. The number of hydrogen-bond donors (Lipinski definition) is 1. The van der Waals surface area contributed by atoms with Crippen LogP contribution >= 0.6 is 0 Å². The quantitative estimate of drug-likeness (QED) is 0.866. The Balaban J connectivity index is 1.92. The van der Waals surface area contributed by atoms with Crippen LogP contribution in [-0.4, -0.2) is 41.9 Å². The minimum Gasteiger partial charge on any atom is -0.399 e. The average molecular weight is 289 g/mol. The summed E-state index contributed by atoms with van der Waals surface area (Å²) >= 11 is 0. The van der Waals surface area contributed by atoms with Gasteiger partial charge in [-0.25, -0.2) is 0 Å². The van der Waals surface area contributed by atoms with Crippen LogP contribution in [0, 0.1) is 0 Å². The maximum absolute atomic E-state index is 12.6. The zero-order valence-electron chi connectivity index (χ0n) is 13.2. The topological polar surface area (TPSA) is 49.6 Å². The number of likely N-dealkylation sites (tertiary alicyclic amines) is 1. The second kappa shape index (κ2) is 7.46. The smallest absolute Gasteiger partial charge is 0.239 e. The van der Waals surface area contributed by atoms with Crippen LogP contribution in [0.15, 0.2) is 24.3 Å². The molecule has 116 valence electrons. The van der Waals surface area contributed by atoms with Crippen molar-refractivity contribution in [2.75, 3.05) is 25.9 Å². The van der Waals surface area contributed by atoms with E-state index in [2.05, 4.69) is 4.90 Å². The van der Waals surface area contributed by atoms with Crippen LogP contribution in [-0.2, 0) is 11.3 Å². The first-order valence-electron chi connectivity index (χ1n) is 7.91. The van der Waals surface area contributed by atoms with Crippen molar-refractivity contribution in [2.24, 2.45) is 0 Å². The van der Waals surface area contributed by atoms with Crippen molar-refractivity contribution < 1.29 is 4.79 Å². The summed E-state index contributed by atoms with van der Waals surface area (Å²) in [6.45, 7) is 4.60. The Morgan fingerprint density at radius 2 is 1.76 bits per heavy atom. The molecule has 1 atom stereocenters. The summed E-state index contributed by atoms with van der Waals surface area (Å²) in [7, 11) is 2.01. The van der Waals surface area contributed by atoms with E-state index in [-0.39, 0.29) is 11.9 Å². The summed E-state index contributed by atoms with van der Waals surface area (Å²) in [6, 6.07) is 7.78. The zero-order valence-corrected chi connectivity index (χ0v) is 13.2. The lowest BCUT2D eigenvalue weighted by Gasteiger charge is -2.29. The van der Waals surface area contributed by atoms with Crippen LogP contribution in [0.4, 0.5) is 5.69 Å². The van der Waals surface area contributed by atoms with Gasteiger partial charge in [-0.1, -0.05) is 25.0 Å². The maximum atomic E-state index is 12.6. The van der Waals surface area contributed by atoms with Crippen LogP contribution < -0.4 is 5.73 Å². The van der Waals surface area contributed by atoms with Gasteiger partial charge in [0.25, 0.3) is 0 Å². The van der Waals surface area contributed by atoms with E-state index in [1.165, 1.54) is 18.4 Å². The van der Waals surface area contributed by atoms with Crippen LogP contribution in [0.3, 0.4) is 0 Å². The van der Waals surface area contributed by atoms with Gasteiger partial charge < -0.3 is 10.6 Å². The molecule has 0 spiro atoms. The predicted molar refractivity (Wildman–Crippen MR) is 86.8 cm³/mol. The number of nitrogen functional groups attached to an aromatic ring is 1. The molecule has 0 bridgehead atoms. The van der Waals surface area contributed by atoms with E-state index in [0.717, 1.165) is 38.2 Å². The Morgan fingerprint density at radius 1 is 1.19 bits per heavy atom. The third kappa shape index (κ3) is 4.46. The predicted octanol–water partition coefficient (Wildman–Crippen LogP) is 2.49. The van der Waals surface area contributed by atoms with Crippen LogP contribution in [0.2, 0.25) is 0 Å². The highest BCUT2D eigenvalue weighted by atomic mass is 16.2. The molecule has 1 saturated heterocycles. The van der Waals surface area contributed by atoms with E-state index in [1.54, 1.807) is 0 Å². The van der Waals surface area contributed by atoms with Crippen molar-refractivity contribution in [3.63, 3.8) is 0 Å². The van der Waals surface area contributed by atoms with Gasteiger partial charge in [-0.05, 0) is 44.5 Å². The number of carbonyl (C=O) groups excluding carboxylic acids is 1. The van der Waals surface area contributed by atoms with Crippen molar-refractivity contribution in [3.05, 3.63) is 29.8 Å². The molecule has 1 amide bonds. The summed E-state index contributed by atoms with van der Waals surface area (Å²) in [6.07, 6.45) is 4.78. The third-order valence-electron chi connectivity index (χ3n) is 4.35. The molecular weight excluding hydrogens is 262 g/mol. The fourth-order valence-electron chi connectivity index (χ4n) is 2.79. The highest BCUT2D eigenvalue weighted by Gasteiger charge is 2.24.